The highest BCUT2D eigenvalue weighted by atomic mass is 16.5. The van der Waals surface area contributed by atoms with E-state index in [9.17, 15) is 0 Å². The van der Waals surface area contributed by atoms with Crippen molar-refractivity contribution in [1.29, 1.82) is 0 Å². The Kier molecular flexibility index (Phi) is 9.02. The van der Waals surface area contributed by atoms with E-state index in [0.717, 1.165) is 24.3 Å². The van der Waals surface area contributed by atoms with Crippen LogP contribution >= 0.6 is 0 Å². The van der Waals surface area contributed by atoms with Gasteiger partial charge in [-0.3, -0.25) is 0 Å². The summed E-state index contributed by atoms with van der Waals surface area (Å²) in [6, 6.07) is 0. The molecule has 3 nitrogen and oxygen atoms in total. The largest absolute Gasteiger partial charge is 0.338 e. The molecule has 3 heteroatoms. The van der Waals surface area contributed by atoms with Gasteiger partial charge in [0, 0.05) is 0 Å². The molecule has 1 aromatic rings. The number of aromatic nitrogens is 2. The molecule has 0 aromatic carbocycles. The summed E-state index contributed by atoms with van der Waals surface area (Å²) in [5, 5.41) is 0. The molecular formula is C22H41N2O+. The van der Waals surface area contributed by atoms with Gasteiger partial charge in [-0.2, -0.15) is 0 Å². The first kappa shape index (κ1) is 20.5. The summed E-state index contributed by atoms with van der Waals surface area (Å²) in [6.07, 6.45) is 19.0. The Morgan fingerprint density at radius 3 is 2.64 bits per heavy atom. The van der Waals surface area contributed by atoms with Crippen molar-refractivity contribution >= 4 is 0 Å². The molecular weight excluding hydrogens is 308 g/mol. The Balaban J connectivity index is 1.71. The highest BCUT2D eigenvalue weighted by Gasteiger charge is 2.31. The fourth-order valence-electron chi connectivity index (χ4n) is 4.21. The molecule has 0 aliphatic heterocycles. The Morgan fingerprint density at radius 1 is 1.12 bits per heavy atom. The van der Waals surface area contributed by atoms with E-state index in [1.165, 1.54) is 57.8 Å². The first-order valence-corrected chi connectivity index (χ1v) is 10.8. The van der Waals surface area contributed by atoms with E-state index in [1.54, 1.807) is 0 Å². The van der Waals surface area contributed by atoms with Gasteiger partial charge in [-0.15, -0.1) is 0 Å². The molecule has 25 heavy (non-hydrogen) atoms. The van der Waals surface area contributed by atoms with Gasteiger partial charge in [-0.05, 0) is 43.4 Å². The molecule has 0 bridgehead atoms. The zero-order valence-electron chi connectivity index (χ0n) is 17.1. The van der Waals surface area contributed by atoms with Gasteiger partial charge < -0.3 is 4.74 Å². The third-order valence-electron chi connectivity index (χ3n) is 5.92. The molecule has 1 aromatic heterocycles. The van der Waals surface area contributed by atoms with Crippen LogP contribution in [0, 0.1) is 17.8 Å². The standard InChI is InChI=1S/C22H41N2O/c1-5-6-7-8-9-10-13-23-14-15-24(17-23)18-25-22-16-20(4)11-12-21(22)19(2)3/h14-15,17,19-22H,5-13,16,18H2,1-4H3/q+1/t20-,21+,22-/m1/s1. The third kappa shape index (κ3) is 7.13. The molecule has 0 N–H and O–H groups in total. The Labute approximate surface area is 155 Å². The summed E-state index contributed by atoms with van der Waals surface area (Å²) in [7, 11) is 0. The molecule has 1 aliphatic rings. The highest BCUT2D eigenvalue weighted by Crippen LogP contribution is 2.35. The SMILES string of the molecule is CCCCCCCCn1cc[n+](CO[C@@H]2C[C@H](C)CC[C@H]2C(C)C)c1. The van der Waals surface area contributed by atoms with E-state index < -0.39 is 0 Å². The van der Waals surface area contributed by atoms with Crippen molar-refractivity contribution in [3.63, 3.8) is 0 Å². The van der Waals surface area contributed by atoms with Crippen molar-refractivity contribution in [2.45, 2.75) is 105 Å². The summed E-state index contributed by atoms with van der Waals surface area (Å²) in [5.41, 5.74) is 0. The van der Waals surface area contributed by atoms with Gasteiger partial charge in [0.2, 0.25) is 6.33 Å². The number of nitrogens with zero attached hydrogens (tertiary/aromatic N) is 2. The fraction of sp³-hybridized carbons (Fsp3) is 0.864. The fourth-order valence-corrected chi connectivity index (χ4v) is 4.21. The van der Waals surface area contributed by atoms with Crippen LogP contribution in [0.2, 0.25) is 0 Å². The minimum absolute atomic E-state index is 0.429. The third-order valence-corrected chi connectivity index (χ3v) is 5.92. The van der Waals surface area contributed by atoms with Crippen LogP contribution in [0.25, 0.3) is 0 Å². The maximum atomic E-state index is 6.35. The lowest BCUT2D eigenvalue weighted by atomic mass is 9.75. The van der Waals surface area contributed by atoms with E-state index in [2.05, 4.69) is 55.6 Å². The number of hydrogen-bond donors (Lipinski definition) is 0. The monoisotopic (exact) mass is 349 g/mol. The average molecular weight is 350 g/mol. The normalized spacial score (nSPS) is 24.1. The summed E-state index contributed by atoms with van der Waals surface area (Å²) >= 11 is 0. The number of aryl methyl sites for hydroxylation is 1. The van der Waals surface area contributed by atoms with Crippen LogP contribution in [-0.2, 0) is 18.0 Å². The first-order chi connectivity index (χ1) is 12.1. The van der Waals surface area contributed by atoms with Gasteiger partial charge in [0.05, 0.1) is 12.6 Å². The second-order valence-corrected chi connectivity index (χ2v) is 8.59. The minimum atomic E-state index is 0.429. The molecule has 0 spiro atoms. The predicted molar refractivity (Wildman–Crippen MR) is 104 cm³/mol. The van der Waals surface area contributed by atoms with Crippen molar-refractivity contribution in [1.82, 2.24) is 4.57 Å². The van der Waals surface area contributed by atoms with Crippen LogP contribution in [0.3, 0.4) is 0 Å². The maximum Gasteiger partial charge on any atom is 0.245 e. The molecule has 0 unspecified atom stereocenters. The molecule has 1 heterocycles. The van der Waals surface area contributed by atoms with Crippen molar-refractivity contribution in [2.24, 2.45) is 17.8 Å². The Morgan fingerprint density at radius 2 is 1.88 bits per heavy atom. The molecule has 0 radical (unpaired) electrons. The van der Waals surface area contributed by atoms with E-state index in [-0.39, 0.29) is 0 Å². The van der Waals surface area contributed by atoms with Gasteiger partial charge in [-0.25, -0.2) is 9.13 Å². The Hall–Kier alpha value is -0.830. The van der Waals surface area contributed by atoms with Crippen LogP contribution in [0.4, 0.5) is 0 Å². The summed E-state index contributed by atoms with van der Waals surface area (Å²) < 4.78 is 10.9. The summed E-state index contributed by atoms with van der Waals surface area (Å²) in [6.45, 7) is 11.2. The predicted octanol–water partition coefficient (Wildman–Crippen LogP) is 5.57. The van der Waals surface area contributed by atoms with Crippen LogP contribution in [-0.4, -0.2) is 10.7 Å². The summed E-state index contributed by atoms with van der Waals surface area (Å²) in [5.74, 6) is 2.25. The van der Waals surface area contributed by atoms with Gasteiger partial charge in [0.1, 0.15) is 12.4 Å². The molecule has 144 valence electrons. The number of imidazole rings is 1. The van der Waals surface area contributed by atoms with Crippen LogP contribution < -0.4 is 4.57 Å². The number of ether oxygens (including phenoxy) is 1. The second kappa shape index (κ2) is 11.0. The van der Waals surface area contributed by atoms with Crippen LogP contribution in [0.15, 0.2) is 18.7 Å². The molecule has 2 rings (SSSR count). The average Bonchev–Trinajstić information content (AvgIpc) is 3.04. The molecule has 1 saturated carbocycles. The quantitative estimate of drug-likeness (QED) is 0.377. The topological polar surface area (TPSA) is 18.0 Å². The molecule has 3 atom stereocenters. The van der Waals surface area contributed by atoms with Gasteiger partial charge in [0.15, 0.2) is 6.73 Å². The van der Waals surface area contributed by atoms with Crippen molar-refractivity contribution in [2.75, 3.05) is 0 Å². The van der Waals surface area contributed by atoms with Crippen LogP contribution in [0.1, 0.15) is 85.5 Å². The Bertz CT molecular complexity index is 468. The molecule has 1 fully saturated rings. The minimum Gasteiger partial charge on any atom is -0.338 e. The summed E-state index contributed by atoms with van der Waals surface area (Å²) in [4.78, 5) is 0. The van der Waals surface area contributed by atoms with E-state index in [1.807, 2.05) is 0 Å². The zero-order valence-corrected chi connectivity index (χ0v) is 17.1. The number of unbranched alkanes of at least 4 members (excludes halogenated alkanes) is 5. The molecule has 1 aliphatic carbocycles. The van der Waals surface area contributed by atoms with Crippen molar-refractivity contribution in [3.8, 4) is 0 Å². The van der Waals surface area contributed by atoms with Gasteiger partial charge in [-0.1, -0.05) is 59.8 Å². The smallest absolute Gasteiger partial charge is 0.245 e. The maximum absolute atomic E-state index is 6.35. The van der Waals surface area contributed by atoms with E-state index >= 15 is 0 Å². The zero-order chi connectivity index (χ0) is 18.1. The van der Waals surface area contributed by atoms with E-state index in [0.29, 0.717) is 12.8 Å². The van der Waals surface area contributed by atoms with Crippen LogP contribution in [0.5, 0.6) is 0 Å². The van der Waals surface area contributed by atoms with Crippen molar-refractivity contribution < 1.29 is 9.30 Å². The second-order valence-electron chi connectivity index (χ2n) is 8.59. The first-order valence-electron chi connectivity index (χ1n) is 10.8. The van der Waals surface area contributed by atoms with Gasteiger partial charge in [0.25, 0.3) is 0 Å². The highest BCUT2D eigenvalue weighted by molar-refractivity contribution is 4.80. The lowest BCUT2D eigenvalue weighted by Crippen LogP contribution is -2.40. The lowest BCUT2D eigenvalue weighted by Gasteiger charge is -2.36. The molecule has 0 amide bonds. The number of rotatable bonds is 11. The number of hydrogen-bond acceptors (Lipinski definition) is 1. The van der Waals surface area contributed by atoms with Gasteiger partial charge >= 0.3 is 0 Å². The van der Waals surface area contributed by atoms with E-state index in [4.69, 9.17) is 4.74 Å². The van der Waals surface area contributed by atoms with Crippen molar-refractivity contribution in [3.05, 3.63) is 18.7 Å². The lowest BCUT2D eigenvalue weighted by molar-refractivity contribution is -0.735. The molecule has 0 saturated heterocycles.